The average Bonchev–Trinajstić information content (AvgIpc) is 2.48. The third kappa shape index (κ3) is 3.27. The molecule has 118 valence electrons. The molecule has 1 atom stereocenters. The number of nitrogens with one attached hydrogen (secondary N) is 1. The van der Waals surface area contributed by atoms with Crippen molar-refractivity contribution in [3.05, 3.63) is 29.3 Å². The summed E-state index contributed by atoms with van der Waals surface area (Å²) in [6, 6.07) is 4.30. The summed E-state index contributed by atoms with van der Waals surface area (Å²) in [5, 5.41) is 12.0. The van der Waals surface area contributed by atoms with Crippen LogP contribution in [-0.2, 0) is 9.59 Å². The molecule has 1 aliphatic heterocycles. The Kier molecular flexibility index (Phi) is 4.80. The van der Waals surface area contributed by atoms with Crippen LogP contribution in [0.1, 0.15) is 42.1 Å². The fourth-order valence-corrected chi connectivity index (χ4v) is 2.78. The van der Waals surface area contributed by atoms with Crippen molar-refractivity contribution in [3.8, 4) is 0 Å². The highest BCUT2D eigenvalue weighted by molar-refractivity contribution is 6.00. The number of carbonyl (C=O) groups excluding carboxylic acids is 2. The van der Waals surface area contributed by atoms with Crippen molar-refractivity contribution in [2.24, 2.45) is 0 Å². The molecule has 1 fully saturated rings. The summed E-state index contributed by atoms with van der Waals surface area (Å²) < 4.78 is 0. The van der Waals surface area contributed by atoms with Crippen molar-refractivity contribution in [1.82, 2.24) is 4.90 Å². The number of aliphatic carboxylic acids is 1. The Hall–Kier alpha value is -2.37. The van der Waals surface area contributed by atoms with Crippen LogP contribution in [0.5, 0.6) is 0 Å². The highest BCUT2D eigenvalue weighted by atomic mass is 16.4. The molecule has 6 nitrogen and oxygen atoms in total. The van der Waals surface area contributed by atoms with E-state index in [9.17, 15) is 19.5 Å². The second-order valence-electron chi connectivity index (χ2n) is 5.51. The van der Waals surface area contributed by atoms with Gasteiger partial charge in [0.25, 0.3) is 5.91 Å². The maximum atomic E-state index is 12.7. The van der Waals surface area contributed by atoms with Crippen molar-refractivity contribution in [3.63, 3.8) is 0 Å². The highest BCUT2D eigenvalue weighted by Crippen LogP contribution is 2.24. The lowest BCUT2D eigenvalue weighted by Crippen LogP contribution is -2.48. The third-order valence-corrected chi connectivity index (χ3v) is 3.92. The van der Waals surface area contributed by atoms with Crippen LogP contribution in [0.15, 0.2) is 18.2 Å². The van der Waals surface area contributed by atoms with Crippen molar-refractivity contribution in [2.45, 2.75) is 39.2 Å². The SMILES string of the molecule is CC(=O)Nc1cccc(C(=O)N2CCCCC2C(=O)O)c1C. The summed E-state index contributed by atoms with van der Waals surface area (Å²) in [5.41, 5.74) is 1.65. The first kappa shape index (κ1) is 16.0. The van der Waals surface area contributed by atoms with Crippen molar-refractivity contribution >= 4 is 23.5 Å². The molecule has 1 saturated heterocycles. The number of hydrogen-bond donors (Lipinski definition) is 2. The van der Waals surface area contributed by atoms with Gasteiger partial charge in [0.15, 0.2) is 0 Å². The minimum atomic E-state index is -0.969. The Balaban J connectivity index is 2.32. The van der Waals surface area contributed by atoms with E-state index in [-0.39, 0.29) is 11.8 Å². The number of nitrogens with zero attached hydrogens (tertiary/aromatic N) is 1. The Morgan fingerprint density at radius 3 is 2.64 bits per heavy atom. The molecule has 0 saturated carbocycles. The number of carboxylic acid groups (broad SMARTS) is 1. The van der Waals surface area contributed by atoms with E-state index < -0.39 is 12.0 Å². The van der Waals surface area contributed by atoms with Crippen molar-refractivity contribution in [1.29, 1.82) is 0 Å². The van der Waals surface area contributed by atoms with Crippen molar-refractivity contribution in [2.75, 3.05) is 11.9 Å². The van der Waals surface area contributed by atoms with Crippen LogP contribution in [0.3, 0.4) is 0 Å². The lowest BCUT2D eigenvalue weighted by Gasteiger charge is -2.33. The van der Waals surface area contributed by atoms with Gasteiger partial charge in [-0.15, -0.1) is 0 Å². The minimum absolute atomic E-state index is 0.214. The van der Waals surface area contributed by atoms with Gasteiger partial charge in [0.2, 0.25) is 5.91 Å². The van der Waals surface area contributed by atoms with E-state index in [2.05, 4.69) is 5.32 Å². The van der Waals surface area contributed by atoms with Gasteiger partial charge < -0.3 is 15.3 Å². The Morgan fingerprint density at radius 1 is 1.27 bits per heavy atom. The fourth-order valence-electron chi connectivity index (χ4n) is 2.78. The average molecular weight is 304 g/mol. The zero-order valence-electron chi connectivity index (χ0n) is 12.8. The number of hydrogen-bond acceptors (Lipinski definition) is 3. The van der Waals surface area contributed by atoms with Gasteiger partial charge in [-0.3, -0.25) is 9.59 Å². The Labute approximate surface area is 129 Å². The largest absolute Gasteiger partial charge is 0.480 e. The van der Waals surface area contributed by atoms with E-state index in [4.69, 9.17) is 0 Å². The summed E-state index contributed by atoms with van der Waals surface area (Å²) in [4.78, 5) is 36.7. The van der Waals surface area contributed by atoms with E-state index in [1.807, 2.05) is 0 Å². The molecule has 0 aromatic heterocycles. The van der Waals surface area contributed by atoms with E-state index >= 15 is 0 Å². The number of anilines is 1. The van der Waals surface area contributed by atoms with E-state index in [0.717, 1.165) is 12.8 Å². The minimum Gasteiger partial charge on any atom is -0.480 e. The molecule has 1 heterocycles. The van der Waals surface area contributed by atoms with E-state index in [1.165, 1.54) is 11.8 Å². The second-order valence-corrected chi connectivity index (χ2v) is 5.51. The first-order valence-corrected chi connectivity index (χ1v) is 7.32. The molecule has 22 heavy (non-hydrogen) atoms. The molecule has 1 aromatic carbocycles. The molecular formula is C16H20N2O4. The molecule has 1 aromatic rings. The summed E-state index contributed by atoms with van der Waals surface area (Å²) in [5.74, 6) is -1.48. The van der Waals surface area contributed by atoms with Gasteiger partial charge >= 0.3 is 5.97 Å². The Bertz CT molecular complexity index is 612. The molecule has 2 amide bonds. The van der Waals surface area contributed by atoms with Crippen LogP contribution >= 0.6 is 0 Å². The number of carbonyl (C=O) groups is 3. The predicted molar refractivity (Wildman–Crippen MR) is 81.8 cm³/mol. The van der Waals surface area contributed by atoms with Crippen LogP contribution in [0, 0.1) is 6.92 Å². The third-order valence-electron chi connectivity index (χ3n) is 3.92. The van der Waals surface area contributed by atoms with Crippen LogP contribution in [0.4, 0.5) is 5.69 Å². The molecule has 2 N–H and O–H groups in total. The molecule has 2 rings (SSSR count). The maximum Gasteiger partial charge on any atom is 0.326 e. The van der Waals surface area contributed by atoms with Gasteiger partial charge in [0.1, 0.15) is 6.04 Å². The monoisotopic (exact) mass is 304 g/mol. The maximum absolute atomic E-state index is 12.7. The van der Waals surface area contributed by atoms with E-state index in [1.54, 1.807) is 25.1 Å². The quantitative estimate of drug-likeness (QED) is 0.894. The lowest BCUT2D eigenvalue weighted by atomic mass is 9.99. The molecule has 0 radical (unpaired) electrons. The summed E-state index contributed by atoms with van der Waals surface area (Å²) in [7, 11) is 0. The molecule has 1 unspecified atom stereocenters. The second kappa shape index (κ2) is 6.60. The smallest absolute Gasteiger partial charge is 0.326 e. The standard InChI is InChI=1S/C16H20N2O4/c1-10-12(6-5-7-13(10)17-11(2)19)15(20)18-9-4-3-8-14(18)16(21)22/h5-7,14H,3-4,8-9H2,1-2H3,(H,17,19)(H,21,22). The molecule has 0 bridgehead atoms. The van der Waals surface area contributed by atoms with Gasteiger partial charge in [-0.1, -0.05) is 6.07 Å². The first-order valence-electron chi connectivity index (χ1n) is 7.32. The number of piperidine rings is 1. The topological polar surface area (TPSA) is 86.7 Å². The van der Waals surface area contributed by atoms with Gasteiger partial charge in [-0.25, -0.2) is 4.79 Å². The van der Waals surface area contributed by atoms with Gasteiger partial charge in [0.05, 0.1) is 0 Å². The zero-order valence-corrected chi connectivity index (χ0v) is 12.8. The predicted octanol–water partition coefficient (Wildman–Crippen LogP) is 2.03. The highest BCUT2D eigenvalue weighted by Gasteiger charge is 2.33. The lowest BCUT2D eigenvalue weighted by molar-refractivity contribution is -0.143. The first-order chi connectivity index (χ1) is 10.4. The van der Waals surface area contributed by atoms with Crippen LogP contribution in [-0.4, -0.2) is 40.4 Å². The van der Waals surface area contributed by atoms with Crippen LogP contribution in [0.2, 0.25) is 0 Å². The molecule has 1 aliphatic rings. The normalized spacial score (nSPS) is 17.9. The molecule has 0 spiro atoms. The van der Waals surface area contributed by atoms with Crippen molar-refractivity contribution < 1.29 is 19.5 Å². The van der Waals surface area contributed by atoms with E-state index in [0.29, 0.717) is 29.8 Å². The number of rotatable bonds is 3. The zero-order chi connectivity index (χ0) is 16.3. The summed E-state index contributed by atoms with van der Waals surface area (Å²) in [6.45, 7) is 3.59. The summed E-state index contributed by atoms with van der Waals surface area (Å²) >= 11 is 0. The van der Waals surface area contributed by atoms with Gasteiger partial charge in [0, 0.05) is 24.7 Å². The number of likely N-dealkylation sites (tertiary alicyclic amines) is 1. The Morgan fingerprint density at radius 2 is 2.00 bits per heavy atom. The van der Waals surface area contributed by atoms with Gasteiger partial charge in [-0.2, -0.15) is 0 Å². The molecular weight excluding hydrogens is 284 g/mol. The van der Waals surface area contributed by atoms with Gasteiger partial charge in [-0.05, 0) is 43.9 Å². The summed E-state index contributed by atoms with van der Waals surface area (Å²) in [6.07, 6.45) is 2.09. The van der Waals surface area contributed by atoms with Crippen LogP contribution in [0.25, 0.3) is 0 Å². The number of carboxylic acids is 1. The molecule has 0 aliphatic carbocycles. The number of benzene rings is 1. The fraction of sp³-hybridized carbons (Fsp3) is 0.438. The molecule has 6 heteroatoms. The van der Waals surface area contributed by atoms with Crippen LogP contribution < -0.4 is 5.32 Å². The number of amides is 2.